The van der Waals surface area contributed by atoms with Crippen LogP contribution in [0.5, 0.6) is 0 Å². The van der Waals surface area contributed by atoms with Gasteiger partial charge in [-0.05, 0) is 0 Å². The minimum atomic E-state index is -0.460. The van der Waals surface area contributed by atoms with Gasteiger partial charge in [0.05, 0.1) is 0 Å². The molecule has 0 atom stereocenters. The van der Waals surface area contributed by atoms with E-state index in [0.29, 0.717) is 0 Å². The van der Waals surface area contributed by atoms with Crippen LogP contribution >= 0.6 is 0 Å². The summed E-state index contributed by atoms with van der Waals surface area (Å²) in [5.41, 5.74) is 0. The van der Waals surface area contributed by atoms with E-state index in [1.54, 1.807) is 0 Å². The predicted octanol–water partition coefficient (Wildman–Crippen LogP) is 4.06. The monoisotopic (exact) mass is 212 g/mol. The molecule has 0 rings (SSSR count). The fraction of sp³-hybridized carbons (Fsp3) is 0.917. The summed E-state index contributed by atoms with van der Waals surface area (Å²) in [6.45, 7) is 4.55. The zero-order chi connectivity index (χ0) is 10.6. The molecule has 0 aromatic rings. The summed E-state index contributed by atoms with van der Waals surface area (Å²) < 4.78 is 0. The Bertz CT molecular complexity index is 117. The molecule has 0 aliphatic heterocycles. The smallest absolute Gasteiger partial charge is 0.261 e. The maximum atomic E-state index is 10.2. The fourth-order valence-electron chi connectivity index (χ4n) is 1.91. The largest absolute Gasteiger partial charge is 0.303 e. The Hall–Kier alpha value is 0.202. The molecule has 0 heterocycles. The second kappa shape index (κ2) is 11.3. The van der Waals surface area contributed by atoms with Crippen LogP contribution in [0.3, 0.4) is 0 Å². The lowest BCUT2D eigenvalue weighted by atomic mass is 10.4. The number of unbranched alkanes of at least 4 members (excludes halogenated alkanes) is 3. The van der Waals surface area contributed by atoms with E-state index in [1.165, 1.54) is 41.5 Å². The van der Waals surface area contributed by atoms with Crippen molar-refractivity contribution in [2.45, 2.75) is 68.2 Å². The number of carbonyl (C=O) groups excluding carboxylic acids is 1. The van der Waals surface area contributed by atoms with Gasteiger partial charge in [0.1, 0.15) is 6.29 Å². The van der Waals surface area contributed by atoms with Crippen LogP contribution in [0.1, 0.15) is 52.4 Å². The quantitative estimate of drug-likeness (QED) is 0.303. The summed E-state index contributed by atoms with van der Waals surface area (Å²) in [7, 11) is 0. The van der Waals surface area contributed by atoms with E-state index in [9.17, 15) is 4.79 Å². The van der Waals surface area contributed by atoms with Gasteiger partial charge in [-0.3, -0.25) is 0 Å². The van der Waals surface area contributed by atoms with Crippen LogP contribution in [0, 0.1) is 0 Å². The average Bonchev–Trinajstić information content (AvgIpc) is 2.21. The van der Waals surface area contributed by atoms with Crippen molar-refractivity contribution in [3.8, 4) is 0 Å². The zero-order valence-electron chi connectivity index (χ0n) is 9.93. The second-order valence-corrected chi connectivity index (χ2v) is 7.71. The summed E-state index contributed by atoms with van der Waals surface area (Å²) >= 11 is -0.460. The van der Waals surface area contributed by atoms with Gasteiger partial charge >= 0.3 is 0 Å². The number of carbonyl (C=O) groups is 1. The van der Waals surface area contributed by atoms with Crippen molar-refractivity contribution in [1.29, 1.82) is 0 Å². The highest BCUT2D eigenvalue weighted by molar-refractivity contribution is 6.58. The number of rotatable bonds is 10. The second-order valence-electron chi connectivity index (χ2n) is 4.25. The summed E-state index contributed by atoms with van der Waals surface area (Å²) in [4.78, 5) is 10.2. The van der Waals surface area contributed by atoms with Gasteiger partial charge in [0, 0.05) is 6.42 Å². The van der Waals surface area contributed by atoms with Gasteiger partial charge in [-0.25, -0.2) is 0 Å². The first-order valence-electron chi connectivity index (χ1n) is 6.28. The van der Waals surface area contributed by atoms with Crippen LogP contribution in [-0.2, 0) is 4.79 Å². The van der Waals surface area contributed by atoms with E-state index < -0.39 is 14.1 Å². The molecule has 0 aliphatic rings. The van der Waals surface area contributed by atoms with Gasteiger partial charge in [-0.15, -0.1) is 0 Å². The maximum Gasteiger partial charge on any atom is 0.261 e. The molecule has 1 nitrogen and oxygen atoms in total. The summed E-state index contributed by atoms with van der Waals surface area (Å²) in [6.07, 6.45) is 8.54. The van der Waals surface area contributed by atoms with Crippen LogP contribution in [-0.4, -0.2) is 20.4 Å². The summed E-state index contributed by atoms with van der Waals surface area (Å²) in [5, 5.41) is 4.42. The minimum absolute atomic E-state index is 0.460. The molecular weight excluding hydrogens is 187 g/mol. The molecule has 0 saturated carbocycles. The van der Waals surface area contributed by atoms with Crippen LogP contribution in [0.25, 0.3) is 0 Å². The topological polar surface area (TPSA) is 17.1 Å². The molecule has 0 radical (unpaired) electrons. The Morgan fingerprint density at radius 3 is 1.86 bits per heavy atom. The van der Waals surface area contributed by atoms with Crippen molar-refractivity contribution in [1.82, 2.24) is 0 Å². The number of hydrogen-bond acceptors (Lipinski definition) is 1. The SMILES string of the molecule is CCC[CH2][Al]([CH2]CCC)[CH2]CCC=O. The Labute approximate surface area is 93.7 Å². The van der Waals surface area contributed by atoms with Gasteiger partial charge in [0.15, 0.2) is 0 Å². The van der Waals surface area contributed by atoms with Crippen molar-refractivity contribution < 1.29 is 4.79 Å². The van der Waals surface area contributed by atoms with E-state index in [0.717, 1.165) is 19.1 Å². The third-order valence-corrected chi connectivity index (χ3v) is 6.54. The average molecular weight is 212 g/mol. The van der Waals surface area contributed by atoms with Crippen LogP contribution in [0.2, 0.25) is 15.8 Å². The summed E-state index contributed by atoms with van der Waals surface area (Å²) in [5.74, 6) is 0. The van der Waals surface area contributed by atoms with Gasteiger partial charge in [-0.2, -0.15) is 0 Å². The highest BCUT2D eigenvalue weighted by atomic mass is 27.2. The Morgan fingerprint density at radius 1 is 0.929 bits per heavy atom. The van der Waals surface area contributed by atoms with Crippen LogP contribution < -0.4 is 0 Å². The molecule has 0 bridgehead atoms. The van der Waals surface area contributed by atoms with E-state index in [-0.39, 0.29) is 0 Å². The molecule has 0 aromatic heterocycles. The van der Waals surface area contributed by atoms with Crippen LogP contribution in [0.4, 0.5) is 0 Å². The molecule has 14 heavy (non-hydrogen) atoms. The van der Waals surface area contributed by atoms with Gasteiger partial charge in [0.2, 0.25) is 0 Å². The van der Waals surface area contributed by atoms with E-state index >= 15 is 0 Å². The lowest BCUT2D eigenvalue weighted by Gasteiger charge is -2.09. The minimum Gasteiger partial charge on any atom is -0.303 e. The molecule has 0 amide bonds. The predicted molar refractivity (Wildman–Crippen MR) is 65.3 cm³/mol. The molecule has 2 heteroatoms. The summed E-state index contributed by atoms with van der Waals surface area (Å²) in [6, 6.07) is 0. The molecule has 82 valence electrons. The Kier molecular flexibility index (Phi) is 11.4. The third kappa shape index (κ3) is 8.79. The van der Waals surface area contributed by atoms with E-state index in [2.05, 4.69) is 13.8 Å². The highest BCUT2D eigenvalue weighted by Crippen LogP contribution is 2.15. The lowest BCUT2D eigenvalue weighted by Crippen LogP contribution is -2.11. The Morgan fingerprint density at radius 2 is 1.43 bits per heavy atom. The van der Waals surface area contributed by atoms with Crippen molar-refractivity contribution >= 4 is 20.4 Å². The lowest BCUT2D eigenvalue weighted by molar-refractivity contribution is -0.107. The molecule has 0 N–H and O–H groups in total. The third-order valence-electron chi connectivity index (χ3n) is 2.87. The Balaban J connectivity index is 3.54. The van der Waals surface area contributed by atoms with E-state index in [4.69, 9.17) is 0 Å². The van der Waals surface area contributed by atoms with E-state index in [1.807, 2.05) is 0 Å². The molecule has 0 fully saturated rings. The standard InChI is InChI=1S/C4H7O.2C4H9.Al/c1-2-3-4-5;2*1-3-4-2;/h4H,1-3H2;2*1,3-4H2,2H3;. The molecule has 0 saturated heterocycles. The van der Waals surface area contributed by atoms with Crippen molar-refractivity contribution in [3.05, 3.63) is 0 Å². The molecule has 0 unspecified atom stereocenters. The van der Waals surface area contributed by atoms with Crippen LogP contribution in [0.15, 0.2) is 0 Å². The van der Waals surface area contributed by atoms with Gasteiger partial charge in [-0.1, -0.05) is 61.8 Å². The molecule has 0 aromatic carbocycles. The van der Waals surface area contributed by atoms with Gasteiger partial charge < -0.3 is 4.79 Å². The highest BCUT2D eigenvalue weighted by Gasteiger charge is 2.14. The van der Waals surface area contributed by atoms with Crippen molar-refractivity contribution in [3.63, 3.8) is 0 Å². The van der Waals surface area contributed by atoms with Gasteiger partial charge in [0.25, 0.3) is 14.1 Å². The molecule has 0 aliphatic carbocycles. The molecule has 0 spiro atoms. The van der Waals surface area contributed by atoms with Crippen molar-refractivity contribution in [2.24, 2.45) is 0 Å². The first-order chi connectivity index (χ1) is 6.85. The first-order valence-corrected chi connectivity index (χ1v) is 8.73. The fourth-order valence-corrected chi connectivity index (χ4v) is 5.56. The molecular formula is C12H25AlO. The number of aldehydes is 1. The van der Waals surface area contributed by atoms with Crippen molar-refractivity contribution in [2.75, 3.05) is 0 Å². The first kappa shape index (κ1) is 14.2. The maximum absolute atomic E-state index is 10.2. The number of hydrogen-bond donors (Lipinski definition) is 0. The zero-order valence-corrected chi connectivity index (χ0v) is 11.1. The normalized spacial score (nSPS) is 10.1.